The Morgan fingerprint density at radius 2 is 1.63 bits per heavy atom. The van der Waals surface area contributed by atoms with Crippen LogP contribution in [0.5, 0.6) is 5.75 Å². The van der Waals surface area contributed by atoms with E-state index in [2.05, 4.69) is 0 Å². The fourth-order valence-electron chi connectivity index (χ4n) is 3.48. The van der Waals surface area contributed by atoms with Gasteiger partial charge in [0.05, 0.1) is 0 Å². The topological polar surface area (TPSA) is 83.9 Å². The molecule has 3 rings (SSSR count). The summed E-state index contributed by atoms with van der Waals surface area (Å²) in [6, 6.07) is 12.6. The van der Waals surface area contributed by atoms with Crippen molar-refractivity contribution in [2.24, 2.45) is 5.92 Å². The van der Waals surface area contributed by atoms with Crippen LogP contribution in [-0.2, 0) is 16.0 Å². The van der Waals surface area contributed by atoms with Crippen molar-refractivity contribution in [2.75, 3.05) is 19.7 Å². The summed E-state index contributed by atoms with van der Waals surface area (Å²) in [4.78, 5) is 37.2. The van der Waals surface area contributed by atoms with Crippen LogP contribution in [0.15, 0.2) is 48.5 Å². The van der Waals surface area contributed by atoms with Gasteiger partial charge in [-0.05, 0) is 61.2 Å². The van der Waals surface area contributed by atoms with E-state index in [0.29, 0.717) is 43.7 Å². The summed E-state index contributed by atoms with van der Waals surface area (Å²) in [7, 11) is 0. The van der Waals surface area contributed by atoms with Crippen molar-refractivity contribution in [2.45, 2.75) is 25.7 Å². The SMILES string of the molecule is O=C(O)CCc1ccc(OCC(=O)N2CCC(C(=O)c3ccc(F)cc3)CC2)cc1. The maximum absolute atomic E-state index is 13.0. The molecule has 1 fully saturated rings. The minimum Gasteiger partial charge on any atom is -0.484 e. The summed E-state index contributed by atoms with van der Waals surface area (Å²) in [5, 5.41) is 8.71. The molecular formula is C23H24FNO5. The van der Waals surface area contributed by atoms with Crippen LogP contribution in [-0.4, -0.2) is 47.4 Å². The molecule has 0 spiro atoms. The molecule has 1 heterocycles. The quantitative estimate of drug-likeness (QED) is 0.671. The lowest BCUT2D eigenvalue weighted by Crippen LogP contribution is -2.42. The molecule has 1 aliphatic rings. The average Bonchev–Trinajstić information content (AvgIpc) is 2.77. The van der Waals surface area contributed by atoms with Crippen molar-refractivity contribution in [1.29, 1.82) is 0 Å². The Labute approximate surface area is 174 Å². The Hall–Kier alpha value is -3.22. The van der Waals surface area contributed by atoms with E-state index in [0.717, 1.165) is 5.56 Å². The number of carboxylic acid groups (broad SMARTS) is 1. The number of carbonyl (C=O) groups excluding carboxylic acids is 2. The first kappa shape index (κ1) is 21.5. The fraction of sp³-hybridized carbons (Fsp3) is 0.348. The Morgan fingerprint density at radius 1 is 1.00 bits per heavy atom. The first-order valence-electron chi connectivity index (χ1n) is 9.93. The molecule has 1 N–H and O–H groups in total. The number of ketones is 1. The maximum Gasteiger partial charge on any atom is 0.303 e. The molecule has 0 aliphatic carbocycles. The monoisotopic (exact) mass is 413 g/mol. The summed E-state index contributed by atoms with van der Waals surface area (Å²) in [5.41, 5.74) is 1.39. The lowest BCUT2D eigenvalue weighted by molar-refractivity contribution is -0.137. The van der Waals surface area contributed by atoms with Crippen LogP contribution in [0.2, 0.25) is 0 Å². The lowest BCUT2D eigenvalue weighted by Gasteiger charge is -2.31. The molecule has 1 saturated heterocycles. The van der Waals surface area contributed by atoms with Gasteiger partial charge in [0.25, 0.3) is 5.91 Å². The Kier molecular flexibility index (Phi) is 7.17. The van der Waals surface area contributed by atoms with E-state index >= 15 is 0 Å². The number of nitrogens with zero attached hydrogens (tertiary/aromatic N) is 1. The number of ether oxygens (including phenoxy) is 1. The predicted molar refractivity (Wildman–Crippen MR) is 108 cm³/mol. The van der Waals surface area contributed by atoms with Crippen LogP contribution < -0.4 is 4.74 Å². The van der Waals surface area contributed by atoms with E-state index < -0.39 is 5.97 Å². The summed E-state index contributed by atoms with van der Waals surface area (Å²) >= 11 is 0. The highest BCUT2D eigenvalue weighted by molar-refractivity contribution is 5.98. The highest BCUT2D eigenvalue weighted by atomic mass is 19.1. The van der Waals surface area contributed by atoms with Gasteiger partial charge < -0.3 is 14.7 Å². The molecule has 7 heteroatoms. The molecule has 30 heavy (non-hydrogen) atoms. The van der Waals surface area contributed by atoms with Gasteiger partial charge in [-0.15, -0.1) is 0 Å². The predicted octanol–water partition coefficient (Wildman–Crippen LogP) is 3.34. The van der Waals surface area contributed by atoms with E-state index in [-0.39, 0.29) is 36.5 Å². The molecular weight excluding hydrogens is 389 g/mol. The second-order valence-corrected chi connectivity index (χ2v) is 7.35. The highest BCUT2D eigenvalue weighted by Gasteiger charge is 2.28. The first-order valence-corrected chi connectivity index (χ1v) is 9.93. The van der Waals surface area contributed by atoms with Crippen molar-refractivity contribution >= 4 is 17.7 Å². The number of likely N-dealkylation sites (tertiary alicyclic amines) is 1. The summed E-state index contributed by atoms with van der Waals surface area (Å²) in [5.74, 6) is -0.993. The van der Waals surface area contributed by atoms with Gasteiger partial charge in [0.1, 0.15) is 11.6 Å². The van der Waals surface area contributed by atoms with Crippen molar-refractivity contribution < 1.29 is 28.6 Å². The zero-order valence-corrected chi connectivity index (χ0v) is 16.6. The normalized spacial score (nSPS) is 14.4. The molecule has 0 atom stereocenters. The number of benzene rings is 2. The number of carbonyl (C=O) groups is 3. The number of piperidine rings is 1. The number of amides is 1. The molecule has 6 nitrogen and oxygen atoms in total. The summed E-state index contributed by atoms with van der Waals surface area (Å²) in [6.07, 6.45) is 1.65. The fourth-order valence-corrected chi connectivity index (χ4v) is 3.48. The first-order chi connectivity index (χ1) is 14.4. The van der Waals surface area contributed by atoms with E-state index in [1.165, 1.54) is 24.3 Å². The van der Waals surface area contributed by atoms with Gasteiger partial charge in [0.15, 0.2) is 12.4 Å². The van der Waals surface area contributed by atoms with Gasteiger partial charge in [-0.3, -0.25) is 14.4 Å². The van der Waals surface area contributed by atoms with E-state index in [4.69, 9.17) is 9.84 Å². The van der Waals surface area contributed by atoms with Gasteiger partial charge >= 0.3 is 5.97 Å². The van der Waals surface area contributed by atoms with Crippen molar-refractivity contribution in [3.63, 3.8) is 0 Å². The third kappa shape index (κ3) is 5.89. The molecule has 2 aromatic rings. The van der Waals surface area contributed by atoms with E-state index in [1.807, 2.05) is 0 Å². The molecule has 2 aromatic carbocycles. The van der Waals surface area contributed by atoms with Crippen molar-refractivity contribution in [3.8, 4) is 5.75 Å². The Bertz CT molecular complexity index is 887. The number of hydrogen-bond acceptors (Lipinski definition) is 4. The smallest absolute Gasteiger partial charge is 0.303 e. The molecule has 0 unspecified atom stereocenters. The van der Waals surface area contributed by atoms with Crippen molar-refractivity contribution in [1.82, 2.24) is 4.90 Å². The number of aryl methyl sites for hydroxylation is 1. The number of carboxylic acids is 1. The Balaban J connectivity index is 1.43. The average molecular weight is 413 g/mol. The number of Topliss-reactive ketones (excluding diaryl/α,β-unsaturated/α-hetero) is 1. The van der Waals surface area contributed by atoms with Crippen LogP contribution in [0.25, 0.3) is 0 Å². The van der Waals surface area contributed by atoms with Gasteiger partial charge in [0, 0.05) is 31.0 Å². The minimum atomic E-state index is -0.843. The van der Waals surface area contributed by atoms with Crippen LogP contribution in [0.4, 0.5) is 4.39 Å². The molecule has 158 valence electrons. The number of rotatable bonds is 8. The minimum absolute atomic E-state index is 0.0127. The largest absolute Gasteiger partial charge is 0.484 e. The van der Waals surface area contributed by atoms with Crippen LogP contribution >= 0.6 is 0 Å². The summed E-state index contributed by atoms with van der Waals surface area (Å²) in [6.45, 7) is 0.868. The maximum atomic E-state index is 13.0. The highest BCUT2D eigenvalue weighted by Crippen LogP contribution is 2.22. The second kappa shape index (κ2) is 10.0. The molecule has 1 aliphatic heterocycles. The second-order valence-electron chi connectivity index (χ2n) is 7.35. The zero-order chi connectivity index (χ0) is 21.5. The Morgan fingerprint density at radius 3 is 2.23 bits per heavy atom. The van der Waals surface area contributed by atoms with Crippen LogP contribution in [0.3, 0.4) is 0 Å². The van der Waals surface area contributed by atoms with E-state index in [9.17, 15) is 18.8 Å². The zero-order valence-electron chi connectivity index (χ0n) is 16.6. The van der Waals surface area contributed by atoms with Crippen LogP contribution in [0, 0.1) is 11.7 Å². The van der Waals surface area contributed by atoms with Gasteiger partial charge in [0.2, 0.25) is 0 Å². The number of halogens is 1. The molecule has 0 bridgehead atoms. The van der Waals surface area contributed by atoms with Crippen molar-refractivity contribution in [3.05, 3.63) is 65.5 Å². The lowest BCUT2D eigenvalue weighted by atomic mass is 9.89. The molecule has 0 radical (unpaired) electrons. The number of aliphatic carboxylic acids is 1. The molecule has 0 saturated carbocycles. The third-order valence-corrected chi connectivity index (χ3v) is 5.26. The van der Waals surface area contributed by atoms with Gasteiger partial charge in [-0.1, -0.05) is 12.1 Å². The molecule has 1 amide bonds. The van der Waals surface area contributed by atoms with E-state index in [1.54, 1.807) is 29.2 Å². The standard InChI is InChI=1S/C23H24FNO5/c24-19-6-4-17(5-7-19)23(29)18-11-13-25(14-12-18)21(26)15-30-20-8-1-16(2-9-20)3-10-22(27)28/h1-2,4-9,18H,3,10-15H2,(H,27,28). The summed E-state index contributed by atoms with van der Waals surface area (Å²) < 4.78 is 18.6. The third-order valence-electron chi connectivity index (χ3n) is 5.26. The van der Waals surface area contributed by atoms with Gasteiger partial charge in [-0.2, -0.15) is 0 Å². The van der Waals surface area contributed by atoms with Gasteiger partial charge in [-0.25, -0.2) is 4.39 Å². The number of hydrogen-bond donors (Lipinski definition) is 1. The molecule has 0 aromatic heterocycles. The van der Waals surface area contributed by atoms with Crippen LogP contribution in [0.1, 0.15) is 35.2 Å².